The van der Waals surface area contributed by atoms with E-state index in [1.165, 1.54) is 18.3 Å². The number of carbonyl (C=O) groups excluding carboxylic acids is 3. The second kappa shape index (κ2) is 9.68. The molecule has 1 heterocycles. The smallest absolute Gasteiger partial charge is 0.325 e. The zero-order chi connectivity index (χ0) is 19.8. The lowest BCUT2D eigenvalue weighted by molar-refractivity contribution is -0.146. The van der Waals surface area contributed by atoms with Crippen molar-refractivity contribution in [2.75, 3.05) is 18.1 Å². The second-order valence-corrected chi connectivity index (χ2v) is 6.33. The first kappa shape index (κ1) is 20.4. The Morgan fingerprint density at radius 3 is 2.52 bits per heavy atom. The molecular weight excluding hydrogens is 370 g/mol. The van der Waals surface area contributed by atoms with Gasteiger partial charge in [-0.3, -0.25) is 19.4 Å². The first-order valence-electron chi connectivity index (χ1n) is 8.31. The minimum absolute atomic E-state index is 0.0847. The number of hydrogen-bond acceptors (Lipinski definition) is 5. The summed E-state index contributed by atoms with van der Waals surface area (Å²) < 4.78 is 4.98. The Bertz CT molecular complexity index is 812. The number of carbonyl (C=O) groups is 3. The highest BCUT2D eigenvalue weighted by molar-refractivity contribution is 6.30. The number of nitrogens with zero attached hydrogens (tertiary/aromatic N) is 2. The number of halogens is 1. The van der Waals surface area contributed by atoms with Gasteiger partial charge in [0.05, 0.1) is 0 Å². The molecule has 0 saturated carbocycles. The largest absolute Gasteiger partial charge is 0.454 e. The van der Waals surface area contributed by atoms with Crippen LogP contribution in [0.4, 0.5) is 5.69 Å². The van der Waals surface area contributed by atoms with Gasteiger partial charge in [0.1, 0.15) is 12.2 Å². The van der Waals surface area contributed by atoms with E-state index in [2.05, 4.69) is 10.3 Å². The summed E-state index contributed by atoms with van der Waals surface area (Å²) >= 11 is 5.79. The van der Waals surface area contributed by atoms with Crippen molar-refractivity contribution in [2.45, 2.75) is 19.9 Å². The molecule has 2 amide bonds. The quantitative estimate of drug-likeness (QED) is 0.735. The fourth-order valence-corrected chi connectivity index (χ4v) is 2.51. The van der Waals surface area contributed by atoms with Gasteiger partial charge in [-0.25, -0.2) is 0 Å². The van der Waals surface area contributed by atoms with Crippen molar-refractivity contribution in [3.8, 4) is 0 Å². The summed E-state index contributed by atoms with van der Waals surface area (Å²) in [6.07, 6.45) is 1.39. The molecule has 0 unspecified atom stereocenters. The van der Waals surface area contributed by atoms with Crippen molar-refractivity contribution in [3.05, 3.63) is 59.4 Å². The number of esters is 1. The minimum atomic E-state index is -0.726. The highest BCUT2D eigenvalue weighted by atomic mass is 35.5. The van der Waals surface area contributed by atoms with Crippen LogP contribution in [-0.2, 0) is 14.3 Å². The third-order valence-corrected chi connectivity index (χ3v) is 3.76. The maximum Gasteiger partial charge on any atom is 0.325 e. The number of nitrogens with one attached hydrogen (secondary N) is 1. The average Bonchev–Trinajstić information content (AvgIpc) is 2.65. The van der Waals surface area contributed by atoms with Crippen molar-refractivity contribution in [1.82, 2.24) is 10.3 Å². The Balaban J connectivity index is 1.85. The number of rotatable bonds is 7. The first-order valence-corrected chi connectivity index (χ1v) is 8.68. The van der Waals surface area contributed by atoms with Gasteiger partial charge in [-0.05, 0) is 38.1 Å². The Morgan fingerprint density at radius 2 is 1.89 bits per heavy atom. The predicted molar refractivity (Wildman–Crippen MR) is 102 cm³/mol. The van der Waals surface area contributed by atoms with Crippen molar-refractivity contribution in [2.24, 2.45) is 0 Å². The third kappa shape index (κ3) is 6.07. The number of ether oxygens (including phenoxy) is 1. The molecular formula is C19H20ClN3O4. The molecule has 1 aromatic heterocycles. The molecule has 0 bridgehead atoms. The second-order valence-electron chi connectivity index (χ2n) is 5.90. The Hall–Kier alpha value is -2.93. The van der Waals surface area contributed by atoms with Crippen molar-refractivity contribution < 1.29 is 19.1 Å². The maximum atomic E-state index is 12.4. The Morgan fingerprint density at radius 1 is 1.19 bits per heavy atom. The number of para-hydroxylation sites is 1. The SMILES string of the molecule is CC(C)N(C(=O)COC(=O)CNC(=O)c1cc(Cl)ccn1)c1ccccc1. The highest BCUT2D eigenvalue weighted by Crippen LogP contribution is 2.16. The van der Waals surface area contributed by atoms with E-state index in [4.69, 9.17) is 16.3 Å². The van der Waals surface area contributed by atoms with Gasteiger partial charge < -0.3 is 15.0 Å². The van der Waals surface area contributed by atoms with E-state index in [1.807, 2.05) is 32.0 Å². The summed E-state index contributed by atoms with van der Waals surface area (Å²) in [7, 11) is 0. The van der Waals surface area contributed by atoms with Gasteiger partial charge in [-0.2, -0.15) is 0 Å². The fraction of sp³-hybridized carbons (Fsp3) is 0.263. The minimum Gasteiger partial charge on any atom is -0.454 e. The molecule has 0 spiro atoms. The standard InChI is InChI=1S/C19H20ClN3O4/c1-13(2)23(15-6-4-3-5-7-15)17(24)12-27-18(25)11-22-19(26)16-10-14(20)8-9-21-16/h3-10,13H,11-12H2,1-2H3,(H,22,26). The van der Waals surface area contributed by atoms with E-state index < -0.39 is 18.5 Å². The molecule has 2 aromatic rings. The van der Waals surface area contributed by atoms with Crippen LogP contribution in [0.2, 0.25) is 5.02 Å². The summed E-state index contributed by atoms with van der Waals surface area (Å²) in [5.74, 6) is -1.64. The average molecular weight is 390 g/mol. The lowest BCUT2D eigenvalue weighted by atomic mass is 10.2. The summed E-state index contributed by atoms with van der Waals surface area (Å²) in [6.45, 7) is 2.93. The Kier molecular flexibility index (Phi) is 7.31. The number of anilines is 1. The maximum absolute atomic E-state index is 12.4. The fourth-order valence-electron chi connectivity index (χ4n) is 2.35. The van der Waals surface area contributed by atoms with E-state index in [1.54, 1.807) is 17.0 Å². The Labute approximate surface area is 162 Å². The summed E-state index contributed by atoms with van der Waals surface area (Å²) in [5, 5.41) is 2.73. The molecule has 8 heteroatoms. The molecule has 0 atom stereocenters. The van der Waals surface area contributed by atoms with Gasteiger partial charge in [0, 0.05) is 22.9 Å². The molecule has 142 valence electrons. The van der Waals surface area contributed by atoms with Crippen molar-refractivity contribution in [3.63, 3.8) is 0 Å². The number of pyridine rings is 1. The van der Waals surface area contributed by atoms with Crippen LogP contribution in [0.5, 0.6) is 0 Å². The van der Waals surface area contributed by atoms with Crippen molar-refractivity contribution >= 4 is 35.1 Å². The van der Waals surface area contributed by atoms with Gasteiger partial charge in [0.15, 0.2) is 6.61 Å². The van der Waals surface area contributed by atoms with Gasteiger partial charge in [0.25, 0.3) is 11.8 Å². The number of benzene rings is 1. The monoisotopic (exact) mass is 389 g/mol. The first-order chi connectivity index (χ1) is 12.9. The number of aromatic nitrogens is 1. The van der Waals surface area contributed by atoms with Crippen LogP contribution in [0, 0.1) is 0 Å². The van der Waals surface area contributed by atoms with Crippen molar-refractivity contribution in [1.29, 1.82) is 0 Å². The predicted octanol–water partition coefficient (Wildman–Crippen LogP) is 2.45. The van der Waals surface area contributed by atoms with Gasteiger partial charge in [0.2, 0.25) is 0 Å². The molecule has 0 saturated heterocycles. The summed E-state index contributed by atoms with van der Waals surface area (Å²) in [5.41, 5.74) is 0.801. The zero-order valence-corrected chi connectivity index (χ0v) is 15.8. The number of amides is 2. The molecule has 0 aliphatic heterocycles. The topological polar surface area (TPSA) is 88.6 Å². The van der Waals surface area contributed by atoms with E-state index in [9.17, 15) is 14.4 Å². The van der Waals surface area contributed by atoms with E-state index in [-0.39, 0.29) is 24.2 Å². The molecule has 0 radical (unpaired) electrons. The van der Waals surface area contributed by atoms with E-state index in [0.29, 0.717) is 10.7 Å². The highest BCUT2D eigenvalue weighted by Gasteiger charge is 2.20. The molecule has 0 aliphatic carbocycles. The molecule has 1 aromatic carbocycles. The van der Waals surface area contributed by atoms with Gasteiger partial charge in [-0.1, -0.05) is 29.8 Å². The van der Waals surface area contributed by atoms with Gasteiger partial charge in [-0.15, -0.1) is 0 Å². The van der Waals surface area contributed by atoms with Crippen LogP contribution >= 0.6 is 11.6 Å². The van der Waals surface area contributed by atoms with E-state index in [0.717, 1.165) is 0 Å². The third-order valence-electron chi connectivity index (χ3n) is 3.52. The summed E-state index contributed by atoms with van der Waals surface area (Å²) in [4.78, 5) is 41.6. The van der Waals surface area contributed by atoms with Crippen LogP contribution in [0.25, 0.3) is 0 Å². The number of hydrogen-bond donors (Lipinski definition) is 1. The normalized spacial score (nSPS) is 10.4. The van der Waals surface area contributed by atoms with Crippen LogP contribution < -0.4 is 10.2 Å². The van der Waals surface area contributed by atoms with Gasteiger partial charge >= 0.3 is 5.97 Å². The zero-order valence-electron chi connectivity index (χ0n) is 15.0. The van der Waals surface area contributed by atoms with Crippen LogP contribution in [0.3, 0.4) is 0 Å². The van der Waals surface area contributed by atoms with Crippen LogP contribution in [0.15, 0.2) is 48.7 Å². The molecule has 0 aliphatic rings. The molecule has 2 rings (SSSR count). The lowest BCUT2D eigenvalue weighted by Gasteiger charge is -2.26. The molecule has 27 heavy (non-hydrogen) atoms. The van der Waals surface area contributed by atoms with E-state index >= 15 is 0 Å². The lowest BCUT2D eigenvalue weighted by Crippen LogP contribution is -2.40. The molecule has 1 N–H and O–H groups in total. The summed E-state index contributed by atoms with van der Waals surface area (Å²) in [6, 6.07) is 11.9. The molecule has 0 fully saturated rings. The molecule has 7 nitrogen and oxygen atoms in total. The van der Waals surface area contributed by atoms with Crippen LogP contribution in [0.1, 0.15) is 24.3 Å². The van der Waals surface area contributed by atoms with Crippen LogP contribution in [-0.4, -0.2) is 42.0 Å².